The number of nitrogens with zero attached hydrogens (tertiary/aromatic N) is 1. The van der Waals surface area contributed by atoms with E-state index in [4.69, 9.17) is 9.47 Å². The van der Waals surface area contributed by atoms with E-state index < -0.39 is 0 Å². The normalized spacial score (nSPS) is 16.6. The maximum absolute atomic E-state index is 13.5. The van der Waals surface area contributed by atoms with Gasteiger partial charge in [-0.15, -0.1) is 0 Å². The van der Waals surface area contributed by atoms with Crippen LogP contribution in [-0.2, 0) is 4.79 Å². The third-order valence-corrected chi connectivity index (χ3v) is 5.22. The molecule has 0 unspecified atom stereocenters. The van der Waals surface area contributed by atoms with Crippen molar-refractivity contribution in [3.05, 3.63) is 89.0 Å². The smallest absolute Gasteiger partial charge is 0.265 e. The summed E-state index contributed by atoms with van der Waals surface area (Å²) >= 11 is 0. The number of rotatable bonds is 2. The number of carbonyl (C=O) groups excluding carboxylic acids is 2. The van der Waals surface area contributed by atoms with Gasteiger partial charge < -0.3 is 9.47 Å². The Hall–Kier alpha value is -3.86. The second-order valence-electron chi connectivity index (χ2n) is 7.29. The molecule has 30 heavy (non-hydrogen) atoms. The van der Waals surface area contributed by atoms with Gasteiger partial charge in [0.1, 0.15) is 13.2 Å². The fourth-order valence-electron chi connectivity index (χ4n) is 3.81. The number of fused-ring (bicyclic) bond motifs is 2. The molecule has 2 amide bonds. The summed E-state index contributed by atoms with van der Waals surface area (Å²) in [7, 11) is 0. The average molecular weight is 397 g/mol. The van der Waals surface area contributed by atoms with E-state index >= 15 is 0 Å². The molecule has 0 spiro atoms. The summed E-state index contributed by atoms with van der Waals surface area (Å²) in [6.45, 7) is 2.94. The zero-order valence-corrected chi connectivity index (χ0v) is 16.4. The minimum atomic E-state index is -0.348. The third-order valence-electron chi connectivity index (χ3n) is 5.22. The van der Waals surface area contributed by atoms with Gasteiger partial charge >= 0.3 is 0 Å². The van der Waals surface area contributed by atoms with Crippen LogP contribution in [0, 0.1) is 6.92 Å². The van der Waals surface area contributed by atoms with Crippen molar-refractivity contribution >= 4 is 29.2 Å². The van der Waals surface area contributed by atoms with Gasteiger partial charge in [0.15, 0.2) is 11.5 Å². The van der Waals surface area contributed by atoms with Gasteiger partial charge in [-0.05, 0) is 60.0 Å². The van der Waals surface area contributed by atoms with Crippen LogP contribution in [-0.4, -0.2) is 25.0 Å². The minimum absolute atomic E-state index is 0.319. The summed E-state index contributed by atoms with van der Waals surface area (Å²) in [6, 6.07) is 20.2. The number of amides is 2. The molecule has 5 rings (SSSR count). The number of aryl methyl sites for hydroxylation is 1. The van der Waals surface area contributed by atoms with Gasteiger partial charge in [-0.2, -0.15) is 0 Å². The van der Waals surface area contributed by atoms with Gasteiger partial charge in [0.2, 0.25) is 0 Å². The first-order valence-corrected chi connectivity index (χ1v) is 9.78. The van der Waals surface area contributed by atoms with Crippen molar-refractivity contribution in [1.29, 1.82) is 0 Å². The van der Waals surface area contributed by atoms with E-state index in [0.29, 0.717) is 47.1 Å². The SMILES string of the molecule is Cc1cccc(N2C(=O)/C(=C/c3ccc4c(c3)OCCO4)c3ccccc3C2=O)c1. The molecule has 5 heteroatoms. The Bertz CT molecular complexity index is 1210. The standard InChI is InChI=1S/C25H19NO4/c1-16-5-4-6-18(13-16)26-24(27)20-8-3-2-7-19(20)21(25(26)28)14-17-9-10-22-23(15-17)30-12-11-29-22/h2-10,13-15H,11-12H2,1H3/b21-14+. The fourth-order valence-corrected chi connectivity index (χ4v) is 3.81. The molecule has 148 valence electrons. The van der Waals surface area contributed by atoms with Gasteiger partial charge in [-0.3, -0.25) is 9.59 Å². The molecule has 2 aliphatic rings. The van der Waals surface area contributed by atoms with Gasteiger partial charge in [0.25, 0.3) is 11.8 Å². The number of hydrogen-bond acceptors (Lipinski definition) is 4. The molecule has 0 N–H and O–H groups in total. The summed E-state index contributed by atoms with van der Waals surface area (Å²) in [4.78, 5) is 27.9. The number of imide groups is 1. The minimum Gasteiger partial charge on any atom is -0.486 e. The summed E-state index contributed by atoms with van der Waals surface area (Å²) in [5.41, 5.74) is 3.94. The van der Waals surface area contributed by atoms with E-state index in [1.807, 2.05) is 61.5 Å². The lowest BCUT2D eigenvalue weighted by atomic mass is 9.91. The monoisotopic (exact) mass is 397 g/mol. The molecule has 3 aromatic carbocycles. The predicted molar refractivity (Wildman–Crippen MR) is 115 cm³/mol. The molecule has 0 bridgehead atoms. The molecule has 0 saturated heterocycles. The highest BCUT2D eigenvalue weighted by molar-refractivity contribution is 6.43. The van der Waals surface area contributed by atoms with Crippen molar-refractivity contribution in [3.63, 3.8) is 0 Å². The molecule has 0 aliphatic carbocycles. The summed E-state index contributed by atoms with van der Waals surface area (Å²) in [5.74, 6) is 0.675. The maximum Gasteiger partial charge on any atom is 0.265 e. The van der Waals surface area contributed by atoms with E-state index in [0.717, 1.165) is 11.1 Å². The van der Waals surface area contributed by atoms with Gasteiger partial charge in [-0.1, -0.05) is 36.4 Å². The zero-order chi connectivity index (χ0) is 20.7. The molecule has 0 radical (unpaired) electrons. The number of carbonyl (C=O) groups is 2. The first-order valence-electron chi connectivity index (χ1n) is 9.78. The van der Waals surface area contributed by atoms with Crippen LogP contribution in [0.1, 0.15) is 27.0 Å². The van der Waals surface area contributed by atoms with Crippen LogP contribution in [0.4, 0.5) is 5.69 Å². The highest BCUT2D eigenvalue weighted by atomic mass is 16.6. The molecule has 0 aromatic heterocycles. The highest BCUT2D eigenvalue weighted by Gasteiger charge is 2.35. The van der Waals surface area contributed by atoms with Crippen LogP contribution in [0.25, 0.3) is 11.6 Å². The molecule has 0 saturated carbocycles. The second-order valence-corrected chi connectivity index (χ2v) is 7.29. The van der Waals surface area contributed by atoms with Crippen LogP contribution >= 0.6 is 0 Å². The predicted octanol–water partition coefficient (Wildman–Crippen LogP) is 4.49. The second kappa shape index (κ2) is 7.19. The molecule has 3 aromatic rings. The van der Waals surface area contributed by atoms with Crippen molar-refractivity contribution < 1.29 is 19.1 Å². The van der Waals surface area contributed by atoms with E-state index in [-0.39, 0.29) is 11.8 Å². The number of hydrogen-bond donors (Lipinski definition) is 0. The van der Waals surface area contributed by atoms with Gasteiger partial charge in [-0.25, -0.2) is 4.90 Å². The Balaban J connectivity index is 1.65. The van der Waals surface area contributed by atoms with Crippen molar-refractivity contribution in [2.24, 2.45) is 0 Å². The lowest BCUT2D eigenvalue weighted by molar-refractivity contribution is -0.112. The number of anilines is 1. The molecule has 0 atom stereocenters. The van der Waals surface area contributed by atoms with Crippen molar-refractivity contribution in [1.82, 2.24) is 0 Å². The maximum atomic E-state index is 13.5. The molecular formula is C25H19NO4. The van der Waals surface area contributed by atoms with Crippen molar-refractivity contribution in [3.8, 4) is 11.5 Å². The summed E-state index contributed by atoms with van der Waals surface area (Å²) in [5, 5.41) is 0. The van der Waals surface area contributed by atoms with E-state index in [2.05, 4.69) is 0 Å². The first-order chi connectivity index (χ1) is 14.6. The molecule has 0 fully saturated rings. The Morgan fingerprint density at radius 2 is 1.57 bits per heavy atom. The third kappa shape index (κ3) is 3.05. The Kier molecular flexibility index (Phi) is 4.36. The van der Waals surface area contributed by atoms with Gasteiger partial charge in [0.05, 0.1) is 5.69 Å². The molecule has 2 heterocycles. The quantitative estimate of drug-likeness (QED) is 0.472. The number of benzene rings is 3. The lowest BCUT2D eigenvalue weighted by Gasteiger charge is -2.29. The highest BCUT2D eigenvalue weighted by Crippen LogP contribution is 2.36. The molecular weight excluding hydrogens is 378 g/mol. The Morgan fingerprint density at radius 3 is 2.37 bits per heavy atom. The van der Waals surface area contributed by atoms with Crippen molar-refractivity contribution in [2.45, 2.75) is 6.92 Å². The summed E-state index contributed by atoms with van der Waals surface area (Å²) in [6.07, 6.45) is 1.80. The van der Waals surface area contributed by atoms with E-state index in [1.54, 1.807) is 18.2 Å². The van der Waals surface area contributed by atoms with Gasteiger partial charge in [0, 0.05) is 11.1 Å². The van der Waals surface area contributed by atoms with E-state index in [1.165, 1.54) is 4.90 Å². The topological polar surface area (TPSA) is 55.8 Å². The lowest BCUT2D eigenvalue weighted by Crippen LogP contribution is -2.41. The summed E-state index contributed by atoms with van der Waals surface area (Å²) < 4.78 is 11.2. The molecule has 5 nitrogen and oxygen atoms in total. The van der Waals surface area contributed by atoms with Crippen molar-refractivity contribution in [2.75, 3.05) is 18.1 Å². The Labute approximate surface area is 174 Å². The average Bonchev–Trinajstić information content (AvgIpc) is 2.77. The Morgan fingerprint density at radius 1 is 0.800 bits per heavy atom. The van der Waals surface area contributed by atoms with Crippen LogP contribution in [0.2, 0.25) is 0 Å². The zero-order valence-electron chi connectivity index (χ0n) is 16.4. The van der Waals surface area contributed by atoms with Crippen LogP contribution in [0.5, 0.6) is 11.5 Å². The van der Waals surface area contributed by atoms with E-state index in [9.17, 15) is 9.59 Å². The molecule has 2 aliphatic heterocycles. The fraction of sp³-hybridized carbons (Fsp3) is 0.120. The largest absolute Gasteiger partial charge is 0.486 e. The van der Waals surface area contributed by atoms with Crippen LogP contribution < -0.4 is 14.4 Å². The number of ether oxygens (including phenoxy) is 2. The van der Waals surface area contributed by atoms with Crippen LogP contribution in [0.3, 0.4) is 0 Å². The first kappa shape index (κ1) is 18.2. The van der Waals surface area contributed by atoms with Crippen LogP contribution in [0.15, 0.2) is 66.7 Å².